The lowest BCUT2D eigenvalue weighted by molar-refractivity contribution is -0.0342. The fraction of sp³-hybridized carbons (Fsp3) is 1.00. The molecule has 1 spiro atoms. The van der Waals surface area contributed by atoms with E-state index in [0.717, 1.165) is 6.04 Å². The Morgan fingerprint density at radius 1 is 1.06 bits per heavy atom. The van der Waals surface area contributed by atoms with E-state index in [9.17, 15) is 0 Å². The van der Waals surface area contributed by atoms with Gasteiger partial charge in [0.15, 0.2) is 0 Å². The van der Waals surface area contributed by atoms with Crippen molar-refractivity contribution in [1.29, 1.82) is 0 Å². The maximum absolute atomic E-state index is 3.86. The molecular formula is C15H28N2. The Morgan fingerprint density at radius 3 is 2.41 bits per heavy atom. The molecule has 2 heterocycles. The maximum Gasteiger partial charge on any atom is 0.0196 e. The topological polar surface area (TPSA) is 15.3 Å². The third-order valence-electron chi connectivity index (χ3n) is 5.19. The van der Waals surface area contributed by atoms with Gasteiger partial charge in [-0.3, -0.25) is 4.90 Å². The zero-order valence-electron chi connectivity index (χ0n) is 11.6. The molecule has 3 fully saturated rings. The van der Waals surface area contributed by atoms with Gasteiger partial charge in [-0.15, -0.1) is 0 Å². The summed E-state index contributed by atoms with van der Waals surface area (Å²) < 4.78 is 0. The smallest absolute Gasteiger partial charge is 0.0196 e. The molecule has 17 heavy (non-hydrogen) atoms. The van der Waals surface area contributed by atoms with Gasteiger partial charge in [0.05, 0.1) is 0 Å². The van der Waals surface area contributed by atoms with Crippen molar-refractivity contribution in [2.24, 2.45) is 5.41 Å². The van der Waals surface area contributed by atoms with Gasteiger partial charge in [0.1, 0.15) is 0 Å². The van der Waals surface area contributed by atoms with Crippen LogP contribution >= 0.6 is 0 Å². The summed E-state index contributed by atoms with van der Waals surface area (Å²) in [6.45, 7) is 8.71. The lowest BCUT2D eigenvalue weighted by atomic mass is 9.73. The van der Waals surface area contributed by atoms with Crippen LogP contribution in [0.1, 0.15) is 58.8 Å². The highest BCUT2D eigenvalue weighted by Crippen LogP contribution is 2.39. The molecule has 0 aromatic carbocycles. The van der Waals surface area contributed by atoms with Crippen LogP contribution in [-0.4, -0.2) is 36.1 Å². The van der Waals surface area contributed by atoms with Crippen LogP contribution in [0.3, 0.4) is 0 Å². The van der Waals surface area contributed by atoms with Gasteiger partial charge in [0.2, 0.25) is 0 Å². The van der Waals surface area contributed by atoms with Crippen LogP contribution in [0, 0.1) is 5.41 Å². The number of hydrogen-bond donors (Lipinski definition) is 1. The second-order valence-electron chi connectivity index (χ2n) is 7.48. The normalized spacial score (nSPS) is 36.7. The molecule has 1 unspecified atom stereocenters. The second kappa shape index (κ2) is 4.24. The molecule has 0 amide bonds. The molecule has 0 aromatic rings. The molecule has 2 nitrogen and oxygen atoms in total. The molecule has 2 aliphatic heterocycles. The molecule has 1 N–H and O–H groups in total. The molecular weight excluding hydrogens is 208 g/mol. The van der Waals surface area contributed by atoms with E-state index < -0.39 is 0 Å². The first-order valence-electron chi connectivity index (χ1n) is 7.58. The zero-order valence-corrected chi connectivity index (χ0v) is 11.6. The molecule has 2 saturated heterocycles. The fourth-order valence-corrected chi connectivity index (χ4v) is 4.36. The average molecular weight is 236 g/mol. The van der Waals surface area contributed by atoms with Crippen LogP contribution in [-0.2, 0) is 0 Å². The SMILES string of the molecule is CC1(C)CN(C2CCNC3(CCCCC3)C2)C1. The van der Waals surface area contributed by atoms with Gasteiger partial charge >= 0.3 is 0 Å². The summed E-state index contributed by atoms with van der Waals surface area (Å²) in [6, 6.07) is 0.877. The van der Waals surface area contributed by atoms with E-state index >= 15 is 0 Å². The minimum absolute atomic E-state index is 0.529. The summed E-state index contributed by atoms with van der Waals surface area (Å²) in [5.41, 5.74) is 1.12. The Labute approximate surface area is 106 Å². The van der Waals surface area contributed by atoms with E-state index in [1.165, 1.54) is 64.6 Å². The van der Waals surface area contributed by atoms with E-state index in [-0.39, 0.29) is 0 Å². The van der Waals surface area contributed by atoms with Gasteiger partial charge in [0.25, 0.3) is 0 Å². The van der Waals surface area contributed by atoms with Crippen LogP contribution in [0.25, 0.3) is 0 Å². The van der Waals surface area contributed by atoms with E-state index in [2.05, 4.69) is 24.1 Å². The first-order valence-corrected chi connectivity index (χ1v) is 7.58. The Kier molecular flexibility index (Phi) is 2.99. The zero-order chi connectivity index (χ0) is 11.9. The van der Waals surface area contributed by atoms with Crippen molar-refractivity contribution >= 4 is 0 Å². The summed E-state index contributed by atoms with van der Waals surface area (Å²) in [7, 11) is 0. The van der Waals surface area contributed by atoms with Crippen molar-refractivity contribution < 1.29 is 0 Å². The molecule has 1 aliphatic carbocycles. The van der Waals surface area contributed by atoms with E-state index in [1.54, 1.807) is 0 Å². The predicted octanol–water partition coefficient (Wildman–Crippen LogP) is 2.78. The van der Waals surface area contributed by atoms with Crippen LogP contribution in [0.5, 0.6) is 0 Å². The molecule has 1 saturated carbocycles. The number of nitrogens with zero attached hydrogens (tertiary/aromatic N) is 1. The van der Waals surface area contributed by atoms with Gasteiger partial charge in [-0.1, -0.05) is 33.1 Å². The molecule has 98 valence electrons. The first-order chi connectivity index (χ1) is 8.09. The quantitative estimate of drug-likeness (QED) is 0.753. The van der Waals surface area contributed by atoms with Gasteiger partial charge in [-0.05, 0) is 37.6 Å². The predicted molar refractivity (Wildman–Crippen MR) is 72.2 cm³/mol. The second-order valence-corrected chi connectivity index (χ2v) is 7.48. The molecule has 0 aromatic heterocycles. The Hall–Kier alpha value is -0.0800. The highest BCUT2D eigenvalue weighted by molar-refractivity contribution is 5.01. The Bertz CT molecular complexity index is 265. The summed E-state index contributed by atoms with van der Waals surface area (Å²) in [5, 5.41) is 3.86. The Balaban J connectivity index is 1.60. The maximum atomic E-state index is 3.86. The molecule has 2 heteroatoms. The average Bonchev–Trinajstić information content (AvgIpc) is 2.27. The van der Waals surface area contributed by atoms with Crippen LogP contribution < -0.4 is 5.32 Å². The molecule has 0 bridgehead atoms. The molecule has 1 atom stereocenters. The van der Waals surface area contributed by atoms with Crippen molar-refractivity contribution in [3.63, 3.8) is 0 Å². The van der Waals surface area contributed by atoms with E-state index in [4.69, 9.17) is 0 Å². The van der Waals surface area contributed by atoms with Crippen molar-refractivity contribution in [3.8, 4) is 0 Å². The van der Waals surface area contributed by atoms with Crippen molar-refractivity contribution in [3.05, 3.63) is 0 Å². The summed E-state index contributed by atoms with van der Waals surface area (Å²) >= 11 is 0. The molecule has 3 aliphatic rings. The lowest BCUT2D eigenvalue weighted by Crippen LogP contribution is -2.63. The molecule has 3 rings (SSSR count). The summed E-state index contributed by atoms with van der Waals surface area (Å²) in [4.78, 5) is 2.75. The van der Waals surface area contributed by atoms with Gasteiger partial charge in [-0.2, -0.15) is 0 Å². The van der Waals surface area contributed by atoms with Gasteiger partial charge in [0, 0.05) is 24.7 Å². The third-order valence-corrected chi connectivity index (χ3v) is 5.19. The van der Waals surface area contributed by atoms with Gasteiger partial charge in [-0.25, -0.2) is 0 Å². The fourth-order valence-electron chi connectivity index (χ4n) is 4.36. The minimum atomic E-state index is 0.529. The Morgan fingerprint density at radius 2 is 1.76 bits per heavy atom. The van der Waals surface area contributed by atoms with Crippen LogP contribution in [0.2, 0.25) is 0 Å². The third kappa shape index (κ3) is 2.39. The number of hydrogen-bond acceptors (Lipinski definition) is 2. The highest BCUT2D eigenvalue weighted by atomic mass is 15.2. The lowest BCUT2D eigenvalue weighted by Gasteiger charge is -2.54. The first kappa shape index (κ1) is 12.0. The van der Waals surface area contributed by atoms with Crippen molar-refractivity contribution in [2.45, 2.75) is 70.4 Å². The minimum Gasteiger partial charge on any atom is -0.311 e. The number of rotatable bonds is 1. The van der Waals surface area contributed by atoms with Crippen LogP contribution in [0.15, 0.2) is 0 Å². The van der Waals surface area contributed by atoms with Crippen molar-refractivity contribution in [1.82, 2.24) is 10.2 Å². The largest absolute Gasteiger partial charge is 0.311 e. The van der Waals surface area contributed by atoms with E-state index in [0.29, 0.717) is 11.0 Å². The number of nitrogens with one attached hydrogen (secondary N) is 1. The standard InChI is InChI=1S/C15H28N2/c1-14(2)11-17(12-14)13-6-9-16-15(10-13)7-4-3-5-8-15/h13,16H,3-12H2,1-2H3. The summed E-state index contributed by atoms with van der Waals surface area (Å²) in [6.07, 6.45) is 10.0. The van der Waals surface area contributed by atoms with E-state index in [1.807, 2.05) is 0 Å². The highest BCUT2D eigenvalue weighted by Gasteiger charge is 2.43. The van der Waals surface area contributed by atoms with Crippen LogP contribution in [0.4, 0.5) is 0 Å². The molecule has 0 radical (unpaired) electrons. The number of piperidine rings is 1. The number of likely N-dealkylation sites (tertiary alicyclic amines) is 1. The monoisotopic (exact) mass is 236 g/mol. The van der Waals surface area contributed by atoms with Gasteiger partial charge < -0.3 is 5.32 Å². The summed E-state index contributed by atoms with van der Waals surface area (Å²) in [5.74, 6) is 0. The van der Waals surface area contributed by atoms with Crippen molar-refractivity contribution in [2.75, 3.05) is 19.6 Å².